The lowest BCUT2D eigenvalue weighted by molar-refractivity contribution is 0.669. The quantitative estimate of drug-likeness (QED) is 0.582. The first-order chi connectivity index (χ1) is 8.88. The number of para-hydroxylation sites is 1. The molecule has 18 heavy (non-hydrogen) atoms. The highest BCUT2D eigenvalue weighted by molar-refractivity contribution is 6.05. The Bertz CT molecular complexity index is 709. The summed E-state index contributed by atoms with van der Waals surface area (Å²) in [5.74, 6) is 0. The topological polar surface area (TPSA) is 25.5 Å². The van der Waals surface area contributed by atoms with Gasteiger partial charge in [0, 0.05) is 17.0 Å². The number of rotatable bonds is 3. The molecule has 1 heterocycles. The van der Waals surface area contributed by atoms with Gasteiger partial charge in [0.05, 0.1) is 5.69 Å². The van der Waals surface area contributed by atoms with Gasteiger partial charge in [0.15, 0.2) is 0 Å². The van der Waals surface area contributed by atoms with Crippen molar-refractivity contribution in [2.45, 2.75) is 19.8 Å². The van der Waals surface area contributed by atoms with Crippen LogP contribution in [0, 0.1) is 0 Å². The maximum absolute atomic E-state index is 5.78. The summed E-state index contributed by atoms with van der Waals surface area (Å²) >= 11 is 0. The van der Waals surface area contributed by atoms with Gasteiger partial charge in [-0.3, -0.25) is 4.99 Å². The summed E-state index contributed by atoms with van der Waals surface area (Å²) < 4.78 is 5.78. The number of hydrogen-bond acceptors (Lipinski definition) is 2. The lowest BCUT2D eigenvalue weighted by atomic mass is 10.1. The highest BCUT2D eigenvalue weighted by Crippen LogP contribution is 2.31. The minimum absolute atomic E-state index is 0.922. The van der Waals surface area contributed by atoms with Crippen LogP contribution in [0.1, 0.15) is 19.8 Å². The van der Waals surface area contributed by atoms with Crippen molar-refractivity contribution in [1.82, 2.24) is 0 Å². The average molecular weight is 237 g/mol. The lowest BCUT2D eigenvalue weighted by Crippen LogP contribution is -1.72. The Morgan fingerprint density at radius 3 is 2.78 bits per heavy atom. The molecule has 0 unspecified atom stereocenters. The summed E-state index contributed by atoms with van der Waals surface area (Å²) in [6.07, 6.45) is 4.12. The van der Waals surface area contributed by atoms with Gasteiger partial charge in [-0.1, -0.05) is 31.5 Å². The number of furan rings is 1. The number of fused-ring (bicyclic) bond motifs is 3. The van der Waals surface area contributed by atoms with Crippen molar-refractivity contribution in [3.8, 4) is 0 Å². The molecule has 0 aliphatic heterocycles. The minimum atomic E-state index is 0.922. The Hall–Kier alpha value is -2.09. The SMILES string of the molecule is CCCC=Nc1ccc2oc3ccccc3c2c1. The van der Waals surface area contributed by atoms with E-state index in [1.54, 1.807) is 0 Å². The average Bonchev–Trinajstić information content (AvgIpc) is 2.77. The van der Waals surface area contributed by atoms with Crippen LogP contribution >= 0.6 is 0 Å². The van der Waals surface area contributed by atoms with Crippen LogP contribution in [0.2, 0.25) is 0 Å². The Kier molecular flexibility index (Phi) is 2.85. The van der Waals surface area contributed by atoms with Crippen molar-refractivity contribution in [2.75, 3.05) is 0 Å². The van der Waals surface area contributed by atoms with Gasteiger partial charge < -0.3 is 4.42 Å². The highest BCUT2D eigenvalue weighted by atomic mass is 16.3. The fourth-order valence-electron chi connectivity index (χ4n) is 2.09. The van der Waals surface area contributed by atoms with E-state index in [9.17, 15) is 0 Å². The van der Waals surface area contributed by atoms with Crippen LogP contribution in [0.5, 0.6) is 0 Å². The molecule has 0 bridgehead atoms. The number of unbranched alkanes of at least 4 members (excludes halogenated alkanes) is 1. The second-order valence-electron chi connectivity index (χ2n) is 4.38. The van der Waals surface area contributed by atoms with Gasteiger partial charge in [0.25, 0.3) is 0 Å². The maximum atomic E-state index is 5.78. The zero-order chi connectivity index (χ0) is 12.4. The van der Waals surface area contributed by atoms with Crippen LogP contribution in [0.3, 0.4) is 0 Å². The third kappa shape index (κ3) is 1.90. The predicted octanol–water partition coefficient (Wildman–Crippen LogP) is 5.09. The minimum Gasteiger partial charge on any atom is -0.456 e. The largest absolute Gasteiger partial charge is 0.456 e. The van der Waals surface area contributed by atoms with E-state index < -0.39 is 0 Å². The molecule has 2 heteroatoms. The van der Waals surface area contributed by atoms with Crippen LogP contribution in [-0.4, -0.2) is 6.21 Å². The van der Waals surface area contributed by atoms with Crippen LogP contribution < -0.4 is 0 Å². The molecule has 2 nitrogen and oxygen atoms in total. The molecule has 0 atom stereocenters. The molecule has 0 saturated heterocycles. The summed E-state index contributed by atoms with van der Waals surface area (Å²) in [6.45, 7) is 2.15. The molecule has 2 aromatic carbocycles. The molecule has 0 spiro atoms. The van der Waals surface area contributed by atoms with Crippen LogP contribution in [0.4, 0.5) is 5.69 Å². The molecule has 0 aliphatic rings. The third-order valence-corrected chi connectivity index (χ3v) is 3.02. The van der Waals surface area contributed by atoms with Crippen LogP contribution in [-0.2, 0) is 0 Å². The normalized spacial score (nSPS) is 11.8. The Morgan fingerprint density at radius 2 is 1.89 bits per heavy atom. The Balaban J connectivity index is 2.12. The smallest absolute Gasteiger partial charge is 0.135 e. The summed E-state index contributed by atoms with van der Waals surface area (Å²) in [5, 5.41) is 2.29. The van der Waals surface area contributed by atoms with E-state index in [1.165, 1.54) is 0 Å². The number of nitrogens with zero attached hydrogens (tertiary/aromatic N) is 1. The summed E-state index contributed by atoms with van der Waals surface area (Å²) in [5.41, 5.74) is 2.84. The monoisotopic (exact) mass is 237 g/mol. The second-order valence-corrected chi connectivity index (χ2v) is 4.38. The molecular formula is C16H15NO. The van der Waals surface area contributed by atoms with Gasteiger partial charge in [-0.2, -0.15) is 0 Å². The molecule has 3 aromatic rings. The third-order valence-electron chi connectivity index (χ3n) is 3.02. The molecule has 0 N–H and O–H groups in total. The van der Waals surface area contributed by atoms with E-state index in [2.05, 4.69) is 24.0 Å². The first-order valence-corrected chi connectivity index (χ1v) is 6.32. The molecule has 0 saturated carbocycles. The number of aliphatic imine (C=N–C) groups is 1. The fourth-order valence-corrected chi connectivity index (χ4v) is 2.09. The van der Waals surface area contributed by atoms with Gasteiger partial charge in [0.2, 0.25) is 0 Å². The Labute approximate surface area is 106 Å². The van der Waals surface area contributed by atoms with Crippen LogP contribution in [0.25, 0.3) is 21.9 Å². The van der Waals surface area contributed by atoms with Gasteiger partial charge in [-0.25, -0.2) is 0 Å². The number of hydrogen-bond donors (Lipinski definition) is 0. The predicted molar refractivity (Wildman–Crippen MR) is 76.8 cm³/mol. The lowest BCUT2D eigenvalue weighted by Gasteiger charge is -1.93. The first kappa shape index (κ1) is 11.0. The van der Waals surface area contributed by atoms with Crippen molar-refractivity contribution in [3.63, 3.8) is 0 Å². The van der Waals surface area contributed by atoms with E-state index in [0.29, 0.717) is 0 Å². The van der Waals surface area contributed by atoms with E-state index in [1.807, 2.05) is 36.5 Å². The van der Waals surface area contributed by atoms with E-state index in [4.69, 9.17) is 4.42 Å². The molecule has 90 valence electrons. The fraction of sp³-hybridized carbons (Fsp3) is 0.188. The molecule has 0 fully saturated rings. The summed E-state index contributed by atoms with van der Waals surface area (Å²) in [7, 11) is 0. The molecule has 0 radical (unpaired) electrons. The molecule has 1 aromatic heterocycles. The number of benzene rings is 2. The summed E-state index contributed by atoms with van der Waals surface area (Å²) in [6, 6.07) is 14.2. The second kappa shape index (κ2) is 4.65. The van der Waals surface area contributed by atoms with Crippen molar-refractivity contribution in [3.05, 3.63) is 42.5 Å². The first-order valence-electron chi connectivity index (χ1n) is 6.32. The maximum Gasteiger partial charge on any atom is 0.135 e. The molecule has 0 aliphatic carbocycles. The Morgan fingerprint density at radius 1 is 1.06 bits per heavy atom. The van der Waals surface area contributed by atoms with E-state index >= 15 is 0 Å². The van der Waals surface area contributed by atoms with Crippen molar-refractivity contribution < 1.29 is 4.42 Å². The zero-order valence-electron chi connectivity index (χ0n) is 10.4. The van der Waals surface area contributed by atoms with Crippen LogP contribution in [0.15, 0.2) is 51.9 Å². The van der Waals surface area contributed by atoms with Gasteiger partial charge in [0.1, 0.15) is 11.2 Å². The molecule has 3 rings (SSSR count). The van der Waals surface area contributed by atoms with Crippen molar-refractivity contribution in [2.24, 2.45) is 4.99 Å². The van der Waals surface area contributed by atoms with Crippen molar-refractivity contribution >= 4 is 33.8 Å². The zero-order valence-corrected chi connectivity index (χ0v) is 10.4. The van der Waals surface area contributed by atoms with E-state index in [-0.39, 0.29) is 0 Å². The standard InChI is InChI=1S/C16H15NO/c1-2-3-10-17-12-8-9-16-14(11-12)13-6-4-5-7-15(13)18-16/h4-11H,2-3H2,1H3. The summed E-state index contributed by atoms with van der Waals surface area (Å²) in [4.78, 5) is 4.47. The van der Waals surface area contributed by atoms with Gasteiger partial charge >= 0.3 is 0 Å². The van der Waals surface area contributed by atoms with Gasteiger partial charge in [-0.15, -0.1) is 0 Å². The van der Waals surface area contributed by atoms with Gasteiger partial charge in [-0.05, 0) is 30.7 Å². The highest BCUT2D eigenvalue weighted by Gasteiger charge is 2.05. The van der Waals surface area contributed by atoms with Crippen molar-refractivity contribution in [1.29, 1.82) is 0 Å². The molecular weight excluding hydrogens is 222 g/mol. The molecule has 0 amide bonds. The van der Waals surface area contributed by atoms with E-state index in [0.717, 1.165) is 40.5 Å².